The van der Waals surface area contributed by atoms with Crippen molar-refractivity contribution in [1.29, 1.82) is 0 Å². The molecule has 0 spiro atoms. The lowest BCUT2D eigenvalue weighted by Crippen LogP contribution is -2.33. The third kappa shape index (κ3) is 6.45. The molecule has 0 saturated carbocycles. The standard InChI is InChI=1S/C21H27ClN2O3/c1-4-24(5-2)21(25)27-18-11-9-16(10-12-18)20(23-3)13-14-26-19-8-6-7-17(22)15-19/h6-12,15,20,23H,4-5,13-14H2,1-3H3. The first-order valence-corrected chi connectivity index (χ1v) is 9.57. The minimum absolute atomic E-state index is 0.136. The van der Waals surface area contributed by atoms with E-state index in [2.05, 4.69) is 5.32 Å². The molecule has 0 aliphatic rings. The Hall–Kier alpha value is -2.24. The van der Waals surface area contributed by atoms with Crippen LogP contribution in [0.25, 0.3) is 0 Å². The van der Waals surface area contributed by atoms with E-state index in [0.717, 1.165) is 17.7 Å². The van der Waals surface area contributed by atoms with Gasteiger partial charge in [-0.1, -0.05) is 29.8 Å². The molecule has 0 saturated heterocycles. The molecule has 2 aromatic carbocycles. The first-order chi connectivity index (χ1) is 13.1. The van der Waals surface area contributed by atoms with Crippen LogP contribution in [-0.2, 0) is 0 Å². The van der Waals surface area contributed by atoms with Gasteiger partial charge in [-0.05, 0) is 56.8 Å². The normalized spacial score (nSPS) is 11.7. The van der Waals surface area contributed by atoms with Crippen molar-refractivity contribution in [3.8, 4) is 11.5 Å². The van der Waals surface area contributed by atoms with Crippen LogP contribution in [0, 0.1) is 0 Å². The predicted octanol–water partition coefficient (Wildman–Crippen LogP) is 4.91. The van der Waals surface area contributed by atoms with E-state index in [9.17, 15) is 4.79 Å². The quantitative estimate of drug-likeness (QED) is 0.660. The molecule has 6 heteroatoms. The number of rotatable bonds is 9. The molecule has 0 heterocycles. The number of carbonyl (C=O) groups is 1. The van der Waals surface area contributed by atoms with Gasteiger partial charge in [0.05, 0.1) is 6.61 Å². The SMILES string of the molecule is CCN(CC)C(=O)Oc1ccc(C(CCOc2cccc(Cl)c2)NC)cc1. The summed E-state index contributed by atoms with van der Waals surface area (Å²) < 4.78 is 11.2. The van der Waals surface area contributed by atoms with E-state index in [1.54, 1.807) is 11.0 Å². The molecular weight excluding hydrogens is 364 g/mol. The second-order valence-corrected chi connectivity index (χ2v) is 6.48. The van der Waals surface area contributed by atoms with Gasteiger partial charge in [0.2, 0.25) is 0 Å². The highest BCUT2D eigenvalue weighted by Gasteiger charge is 2.13. The molecule has 2 rings (SSSR count). The summed E-state index contributed by atoms with van der Waals surface area (Å²) >= 11 is 5.97. The number of carbonyl (C=O) groups excluding carboxylic acids is 1. The van der Waals surface area contributed by atoms with Crippen LogP contribution >= 0.6 is 11.6 Å². The molecule has 1 amide bonds. The Labute approximate surface area is 166 Å². The Kier molecular flexibility index (Phi) is 8.43. The topological polar surface area (TPSA) is 50.8 Å². The summed E-state index contributed by atoms with van der Waals surface area (Å²) in [5.41, 5.74) is 1.11. The Balaban J connectivity index is 1.90. The summed E-state index contributed by atoms with van der Waals surface area (Å²) in [5, 5.41) is 3.95. The number of nitrogens with one attached hydrogen (secondary N) is 1. The molecule has 0 bridgehead atoms. The molecule has 1 atom stereocenters. The molecule has 0 fully saturated rings. The number of halogens is 1. The van der Waals surface area contributed by atoms with Crippen LogP contribution in [0.15, 0.2) is 48.5 Å². The van der Waals surface area contributed by atoms with E-state index in [0.29, 0.717) is 30.5 Å². The molecule has 1 unspecified atom stereocenters. The number of hydrogen-bond donors (Lipinski definition) is 1. The van der Waals surface area contributed by atoms with Crippen LogP contribution in [-0.4, -0.2) is 37.7 Å². The maximum atomic E-state index is 12.0. The van der Waals surface area contributed by atoms with E-state index < -0.39 is 0 Å². The Morgan fingerprint density at radius 3 is 2.41 bits per heavy atom. The third-order valence-electron chi connectivity index (χ3n) is 4.33. The van der Waals surface area contributed by atoms with E-state index in [1.165, 1.54) is 0 Å². The van der Waals surface area contributed by atoms with Crippen molar-refractivity contribution >= 4 is 17.7 Å². The van der Waals surface area contributed by atoms with Crippen molar-refractivity contribution in [3.05, 3.63) is 59.1 Å². The fourth-order valence-electron chi connectivity index (χ4n) is 2.74. The van der Waals surface area contributed by atoms with Gasteiger partial charge in [0, 0.05) is 30.6 Å². The monoisotopic (exact) mass is 390 g/mol. The lowest BCUT2D eigenvalue weighted by Gasteiger charge is -2.19. The Bertz CT molecular complexity index is 718. The van der Waals surface area contributed by atoms with Crippen LogP contribution in [0.1, 0.15) is 31.9 Å². The molecule has 1 N–H and O–H groups in total. The maximum absolute atomic E-state index is 12.0. The number of amides is 1. The summed E-state index contributed by atoms with van der Waals surface area (Å²) in [6, 6.07) is 15.1. The summed E-state index contributed by atoms with van der Waals surface area (Å²) in [6.07, 6.45) is 0.467. The van der Waals surface area contributed by atoms with Crippen molar-refractivity contribution < 1.29 is 14.3 Å². The summed E-state index contributed by atoms with van der Waals surface area (Å²) in [5.74, 6) is 1.30. The highest BCUT2D eigenvalue weighted by atomic mass is 35.5. The Morgan fingerprint density at radius 2 is 1.81 bits per heavy atom. The van der Waals surface area contributed by atoms with Gasteiger partial charge >= 0.3 is 6.09 Å². The summed E-state index contributed by atoms with van der Waals surface area (Å²) in [4.78, 5) is 13.7. The van der Waals surface area contributed by atoms with Crippen molar-refractivity contribution in [2.24, 2.45) is 0 Å². The van der Waals surface area contributed by atoms with Crippen LogP contribution in [0.2, 0.25) is 5.02 Å². The highest BCUT2D eigenvalue weighted by molar-refractivity contribution is 6.30. The van der Waals surface area contributed by atoms with Gasteiger partial charge in [0.25, 0.3) is 0 Å². The van der Waals surface area contributed by atoms with Crippen LogP contribution in [0.3, 0.4) is 0 Å². The van der Waals surface area contributed by atoms with Crippen LogP contribution in [0.5, 0.6) is 11.5 Å². The largest absolute Gasteiger partial charge is 0.493 e. The maximum Gasteiger partial charge on any atom is 0.415 e. The zero-order valence-corrected chi connectivity index (χ0v) is 16.8. The smallest absolute Gasteiger partial charge is 0.415 e. The molecule has 27 heavy (non-hydrogen) atoms. The van der Waals surface area contributed by atoms with Crippen LogP contribution < -0.4 is 14.8 Å². The minimum atomic E-state index is -0.326. The van der Waals surface area contributed by atoms with E-state index >= 15 is 0 Å². The molecule has 2 aromatic rings. The molecular formula is C21H27ClN2O3. The fraction of sp³-hybridized carbons (Fsp3) is 0.381. The van der Waals surface area contributed by atoms with Crippen molar-refractivity contribution in [2.45, 2.75) is 26.3 Å². The first kappa shape index (κ1) is 21.1. The average Bonchev–Trinajstić information content (AvgIpc) is 2.67. The summed E-state index contributed by atoms with van der Waals surface area (Å²) in [7, 11) is 1.92. The van der Waals surface area contributed by atoms with Crippen molar-refractivity contribution in [1.82, 2.24) is 10.2 Å². The zero-order valence-electron chi connectivity index (χ0n) is 16.1. The predicted molar refractivity (Wildman–Crippen MR) is 109 cm³/mol. The highest BCUT2D eigenvalue weighted by Crippen LogP contribution is 2.22. The molecule has 0 aliphatic heterocycles. The van der Waals surface area contributed by atoms with E-state index in [1.807, 2.05) is 63.4 Å². The van der Waals surface area contributed by atoms with Crippen molar-refractivity contribution in [2.75, 3.05) is 26.7 Å². The molecule has 5 nitrogen and oxygen atoms in total. The third-order valence-corrected chi connectivity index (χ3v) is 4.56. The van der Waals surface area contributed by atoms with Gasteiger partial charge in [0.1, 0.15) is 11.5 Å². The van der Waals surface area contributed by atoms with E-state index in [4.69, 9.17) is 21.1 Å². The number of benzene rings is 2. The molecule has 0 aromatic heterocycles. The van der Waals surface area contributed by atoms with Gasteiger partial charge in [-0.15, -0.1) is 0 Å². The van der Waals surface area contributed by atoms with E-state index in [-0.39, 0.29) is 12.1 Å². The van der Waals surface area contributed by atoms with Crippen LogP contribution in [0.4, 0.5) is 4.79 Å². The average molecular weight is 391 g/mol. The molecule has 146 valence electrons. The van der Waals surface area contributed by atoms with Gasteiger partial charge in [-0.3, -0.25) is 0 Å². The number of ether oxygens (including phenoxy) is 2. The van der Waals surface area contributed by atoms with Gasteiger partial charge < -0.3 is 19.7 Å². The zero-order chi connectivity index (χ0) is 19.6. The second kappa shape index (κ2) is 10.8. The van der Waals surface area contributed by atoms with Crippen molar-refractivity contribution in [3.63, 3.8) is 0 Å². The summed E-state index contributed by atoms with van der Waals surface area (Å²) in [6.45, 7) is 5.67. The fourth-order valence-corrected chi connectivity index (χ4v) is 2.92. The molecule has 0 radical (unpaired) electrons. The second-order valence-electron chi connectivity index (χ2n) is 6.05. The van der Waals surface area contributed by atoms with Gasteiger partial charge in [-0.25, -0.2) is 4.79 Å². The number of nitrogens with zero attached hydrogens (tertiary/aromatic N) is 1. The lowest BCUT2D eigenvalue weighted by atomic mass is 10.0. The Morgan fingerprint density at radius 1 is 1.11 bits per heavy atom. The molecule has 0 aliphatic carbocycles. The lowest BCUT2D eigenvalue weighted by molar-refractivity contribution is 0.157. The minimum Gasteiger partial charge on any atom is -0.493 e. The van der Waals surface area contributed by atoms with Gasteiger partial charge in [-0.2, -0.15) is 0 Å². The first-order valence-electron chi connectivity index (χ1n) is 9.19. The number of hydrogen-bond acceptors (Lipinski definition) is 4. The van der Waals surface area contributed by atoms with Gasteiger partial charge in [0.15, 0.2) is 0 Å².